The highest BCUT2D eigenvalue weighted by atomic mass is 32.2. The van der Waals surface area contributed by atoms with Crippen LogP contribution in [0.1, 0.15) is 71.0 Å². The van der Waals surface area contributed by atoms with Crippen molar-refractivity contribution in [1.82, 2.24) is 0 Å². The minimum absolute atomic E-state index is 0.0373. The van der Waals surface area contributed by atoms with Crippen LogP contribution in [0.15, 0.2) is 162 Å². The van der Waals surface area contributed by atoms with E-state index in [0.29, 0.717) is 6.42 Å². The van der Waals surface area contributed by atoms with E-state index in [1.807, 2.05) is 23.1 Å². The van der Waals surface area contributed by atoms with Gasteiger partial charge < -0.3 is 9.47 Å². The molecule has 0 atom stereocenters. The Labute approximate surface area is 352 Å². The summed E-state index contributed by atoms with van der Waals surface area (Å²) in [6.07, 6.45) is 17.5. The molecule has 0 unspecified atom stereocenters. The Morgan fingerprint density at radius 3 is 1.66 bits per heavy atom. The summed E-state index contributed by atoms with van der Waals surface area (Å²) in [7, 11) is 1.54. The summed E-state index contributed by atoms with van der Waals surface area (Å²) in [5, 5.41) is 0. The number of ether oxygens (including phenoxy) is 2. The number of esters is 1. The third-order valence-electron chi connectivity index (χ3n) is 10.5. The van der Waals surface area contributed by atoms with E-state index in [0.717, 1.165) is 30.4 Å². The molecule has 1 aliphatic carbocycles. The molecule has 0 bridgehead atoms. The van der Waals surface area contributed by atoms with Crippen molar-refractivity contribution in [3.8, 4) is 20.9 Å². The van der Waals surface area contributed by atoms with Gasteiger partial charge in [-0.1, -0.05) is 131 Å². The number of hydrogen-bond acceptors (Lipinski definition) is 4. The highest BCUT2D eigenvalue weighted by molar-refractivity contribution is 8.16. The molecule has 2 aliphatic rings. The lowest BCUT2D eigenvalue weighted by Crippen LogP contribution is -2.09. The van der Waals surface area contributed by atoms with Gasteiger partial charge in [0.25, 0.3) is 0 Å². The summed E-state index contributed by atoms with van der Waals surface area (Å²) in [5.74, 6) is -0.253. The smallest absolute Gasteiger partial charge is 0.308 e. The summed E-state index contributed by atoms with van der Waals surface area (Å²) < 4.78 is 10.4. The molecule has 3 nitrogen and oxygen atoms in total. The van der Waals surface area contributed by atoms with Crippen LogP contribution in [0.3, 0.4) is 0 Å². The van der Waals surface area contributed by atoms with Crippen molar-refractivity contribution in [3.63, 3.8) is 0 Å². The number of thioether (sulfide) groups is 1. The van der Waals surface area contributed by atoms with E-state index in [1.54, 1.807) is 0 Å². The van der Waals surface area contributed by atoms with Crippen molar-refractivity contribution in [3.05, 3.63) is 201 Å². The molecule has 292 valence electrons. The molecule has 58 heavy (non-hydrogen) atoms. The molecule has 7 rings (SSSR count). The molecule has 5 aromatic rings. The van der Waals surface area contributed by atoms with Gasteiger partial charge in [-0.3, -0.25) is 4.79 Å². The SMILES string of the molecule is COCOC(=O)CCC1=C(/C=C/c2cc(-c3ccc(C)cc3)[s+]c(-c3ccc(C)cc3)c2)CCC/C1=C\C=C1C=C(c2ccc(C)cc2)SC(c2ccc(C)cc2)=C1. The summed E-state index contributed by atoms with van der Waals surface area (Å²) >= 11 is 3.64. The van der Waals surface area contributed by atoms with Crippen molar-refractivity contribution in [2.24, 2.45) is 0 Å². The van der Waals surface area contributed by atoms with Crippen LogP contribution in [-0.2, 0) is 14.3 Å². The lowest BCUT2D eigenvalue weighted by Gasteiger charge is -2.22. The van der Waals surface area contributed by atoms with Crippen molar-refractivity contribution >= 4 is 45.0 Å². The Kier molecular flexibility index (Phi) is 13.7. The van der Waals surface area contributed by atoms with E-state index in [-0.39, 0.29) is 19.2 Å². The fourth-order valence-corrected chi connectivity index (χ4v) is 9.43. The van der Waals surface area contributed by atoms with Gasteiger partial charge in [0.2, 0.25) is 21.1 Å². The minimum atomic E-state index is -0.253. The number of carbonyl (C=O) groups is 1. The maximum absolute atomic E-state index is 12.8. The molecule has 0 spiro atoms. The van der Waals surface area contributed by atoms with Crippen LogP contribution in [-0.4, -0.2) is 19.9 Å². The van der Waals surface area contributed by atoms with Crippen molar-refractivity contribution in [2.45, 2.75) is 59.8 Å². The second-order valence-electron chi connectivity index (χ2n) is 15.2. The van der Waals surface area contributed by atoms with Gasteiger partial charge in [-0.05, 0) is 129 Å². The van der Waals surface area contributed by atoms with E-state index in [1.165, 1.54) is 87.9 Å². The van der Waals surface area contributed by atoms with Crippen LogP contribution in [0.25, 0.3) is 36.8 Å². The highest BCUT2D eigenvalue weighted by Gasteiger charge is 2.21. The molecule has 0 saturated carbocycles. The first-order valence-corrected chi connectivity index (χ1v) is 21.7. The maximum Gasteiger partial charge on any atom is 0.308 e. The Bertz CT molecular complexity index is 2310. The molecular weight excluding hydrogens is 749 g/mol. The summed E-state index contributed by atoms with van der Waals surface area (Å²) in [5.41, 5.74) is 15.9. The first kappa shape index (κ1) is 40.9. The van der Waals surface area contributed by atoms with Crippen LogP contribution in [0.4, 0.5) is 0 Å². The molecule has 0 fully saturated rings. The first-order valence-electron chi connectivity index (χ1n) is 20.0. The van der Waals surface area contributed by atoms with Crippen LogP contribution in [0, 0.1) is 27.7 Å². The number of rotatable bonds is 12. The van der Waals surface area contributed by atoms with Gasteiger partial charge in [-0.15, -0.1) is 0 Å². The normalized spacial score (nSPS) is 15.1. The summed E-state index contributed by atoms with van der Waals surface area (Å²) in [4.78, 5) is 17.7. The molecule has 1 aromatic heterocycles. The van der Waals surface area contributed by atoms with Gasteiger partial charge in [-0.25, -0.2) is 0 Å². The Morgan fingerprint density at radius 1 is 0.655 bits per heavy atom. The van der Waals surface area contributed by atoms with Crippen molar-refractivity contribution < 1.29 is 14.3 Å². The van der Waals surface area contributed by atoms with Gasteiger partial charge >= 0.3 is 5.97 Å². The molecule has 0 saturated heterocycles. The number of allylic oxidation sites excluding steroid dienone is 9. The van der Waals surface area contributed by atoms with Gasteiger partial charge in [0, 0.05) is 46.6 Å². The van der Waals surface area contributed by atoms with Crippen molar-refractivity contribution in [2.75, 3.05) is 13.9 Å². The van der Waals surface area contributed by atoms with Gasteiger partial charge in [-0.2, -0.15) is 0 Å². The fourth-order valence-electron chi connectivity index (χ4n) is 7.16. The zero-order chi connectivity index (χ0) is 40.4. The maximum atomic E-state index is 12.8. The molecule has 4 aromatic carbocycles. The van der Waals surface area contributed by atoms with Crippen molar-refractivity contribution in [1.29, 1.82) is 0 Å². The fraction of sp³-hybridized carbons (Fsp3) is 0.208. The average Bonchev–Trinajstić information content (AvgIpc) is 3.24. The van der Waals surface area contributed by atoms with E-state index in [2.05, 4.69) is 173 Å². The molecule has 5 heteroatoms. The van der Waals surface area contributed by atoms with E-state index < -0.39 is 0 Å². The topological polar surface area (TPSA) is 35.5 Å². The van der Waals surface area contributed by atoms with Crippen LogP contribution in [0.2, 0.25) is 0 Å². The number of methoxy groups -OCH3 is 1. The van der Waals surface area contributed by atoms with E-state index in [4.69, 9.17) is 9.47 Å². The molecule has 2 heterocycles. The second-order valence-corrected chi connectivity index (χ2v) is 17.3. The summed E-state index contributed by atoms with van der Waals surface area (Å²) in [6, 6.07) is 39.8. The van der Waals surface area contributed by atoms with E-state index in [9.17, 15) is 4.79 Å². The minimum Gasteiger partial charge on any atom is -0.438 e. The average molecular weight is 800 g/mol. The predicted octanol–water partition coefficient (Wildman–Crippen LogP) is 14.7. The monoisotopic (exact) mass is 799 g/mol. The highest BCUT2D eigenvalue weighted by Crippen LogP contribution is 2.44. The second kappa shape index (κ2) is 19.4. The third-order valence-corrected chi connectivity index (χ3v) is 12.8. The molecule has 1 aliphatic heterocycles. The number of aryl methyl sites for hydroxylation is 4. The Morgan fingerprint density at radius 2 is 1.16 bits per heavy atom. The number of hydrogen-bond donors (Lipinski definition) is 0. The van der Waals surface area contributed by atoms with Crippen LogP contribution in [0.5, 0.6) is 0 Å². The van der Waals surface area contributed by atoms with E-state index >= 15 is 0 Å². The number of benzene rings is 4. The van der Waals surface area contributed by atoms with Gasteiger partial charge in [0.1, 0.15) is 0 Å². The predicted molar refractivity (Wildman–Crippen MR) is 248 cm³/mol. The standard InChI is InChI=1S/C53H51O3S2/c1-36-9-19-44(20-10-36)49-31-40(32-50(57-49)45-21-11-37(2)12-22-45)17-27-42-7-6-8-43(48(42)29-30-53(54)56-35-55-5)28-18-41-33-51(46-23-13-38(3)14-24-46)58-52(34-41)47-25-15-39(4)16-26-47/h9-28,31-34H,6-8,29-30,35H2,1-5H3/q+1. The molecule has 0 N–H and O–H groups in total. The van der Waals surface area contributed by atoms with Crippen LogP contribution >= 0.6 is 23.1 Å². The summed E-state index contributed by atoms with van der Waals surface area (Å²) in [6.45, 7) is 8.47. The van der Waals surface area contributed by atoms with Crippen LogP contribution < -0.4 is 0 Å². The number of carbonyl (C=O) groups excluding carboxylic acids is 1. The lowest BCUT2D eigenvalue weighted by molar-refractivity contribution is -0.153. The largest absolute Gasteiger partial charge is 0.438 e. The quantitative estimate of drug-likeness (QED) is 0.0715. The lowest BCUT2D eigenvalue weighted by atomic mass is 9.84. The van der Waals surface area contributed by atoms with Gasteiger partial charge in [0.05, 0.1) is 0 Å². The Hall–Kier alpha value is -5.33. The first-order chi connectivity index (χ1) is 28.2. The van der Waals surface area contributed by atoms with Gasteiger partial charge in [0.15, 0.2) is 6.79 Å². The molecular formula is C53H51O3S2+. The Balaban J connectivity index is 1.28. The molecule has 0 amide bonds. The zero-order valence-corrected chi connectivity index (χ0v) is 35.8. The third kappa shape index (κ3) is 10.8. The zero-order valence-electron chi connectivity index (χ0n) is 34.1. The molecule has 0 radical (unpaired) electrons.